The number of likely N-dealkylation sites (tertiary alicyclic amines) is 1. The number of ether oxygens (including phenoxy) is 1. The highest BCUT2D eigenvalue weighted by molar-refractivity contribution is 5.43. The third kappa shape index (κ3) is 4.20. The van der Waals surface area contributed by atoms with Crippen LogP contribution in [0, 0.1) is 6.92 Å². The summed E-state index contributed by atoms with van der Waals surface area (Å²) in [6, 6.07) is 5.97. The molecule has 0 radical (unpaired) electrons. The van der Waals surface area contributed by atoms with E-state index in [0.29, 0.717) is 13.2 Å². The lowest BCUT2D eigenvalue weighted by molar-refractivity contribution is 0.122. The van der Waals surface area contributed by atoms with Crippen LogP contribution in [0.4, 0.5) is 5.69 Å². The zero-order valence-corrected chi connectivity index (χ0v) is 15.9. The zero-order chi connectivity index (χ0) is 18.6. The molecule has 2 aliphatic rings. The van der Waals surface area contributed by atoms with Crippen molar-refractivity contribution in [3.05, 3.63) is 52.2 Å². The Kier molecular flexibility index (Phi) is 5.50. The van der Waals surface area contributed by atoms with Crippen molar-refractivity contribution in [3.8, 4) is 0 Å². The van der Waals surface area contributed by atoms with Gasteiger partial charge >= 0.3 is 0 Å². The highest BCUT2D eigenvalue weighted by Gasteiger charge is 2.24. The van der Waals surface area contributed by atoms with Crippen molar-refractivity contribution in [1.82, 2.24) is 19.7 Å². The van der Waals surface area contributed by atoms with Gasteiger partial charge in [0.1, 0.15) is 0 Å². The second-order valence-electron chi connectivity index (χ2n) is 7.38. The molecular formula is C20H27N5O2. The summed E-state index contributed by atoms with van der Waals surface area (Å²) in [5.74, 6) is 0. The molecule has 7 nitrogen and oxygen atoms in total. The maximum Gasteiger partial charge on any atom is 0.269 e. The molecule has 27 heavy (non-hydrogen) atoms. The van der Waals surface area contributed by atoms with Crippen LogP contribution < -0.4 is 10.5 Å². The van der Waals surface area contributed by atoms with Crippen molar-refractivity contribution >= 4 is 5.69 Å². The topological polar surface area (TPSA) is 63.5 Å². The van der Waals surface area contributed by atoms with E-state index in [1.807, 2.05) is 25.4 Å². The van der Waals surface area contributed by atoms with E-state index in [9.17, 15) is 4.79 Å². The average molecular weight is 369 g/mol. The third-order valence-corrected chi connectivity index (χ3v) is 5.52. The largest absolute Gasteiger partial charge is 0.378 e. The number of morpholine rings is 1. The van der Waals surface area contributed by atoms with Crippen LogP contribution in [-0.2, 0) is 11.3 Å². The molecule has 0 spiro atoms. The number of nitrogens with zero attached hydrogens (tertiary/aromatic N) is 5. The van der Waals surface area contributed by atoms with Gasteiger partial charge < -0.3 is 9.64 Å². The van der Waals surface area contributed by atoms with Gasteiger partial charge in [0.05, 0.1) is 31.1 Å². The summed E-state index contributed by atoms with van der Waals surface area (Å²) in [5, 5.41) is 4.52. The van der Waals surface area contributed by atoms with Crippen LogP contribution in [0.1, 0.15) is 30.1 Å². The van der Waals surface area contributed by atoms with Crippen molar-refractivity contribution in [3.63, 3.8) is 0 Å². The molecule has 1 atom stereocenters. The number of pyridine rings is 1. The maximum absolute atomic E-state index is 12.7. The Balaban J connectivity index is 1.46. The molecule has 0 bridgehead atoms. The minimum atomic E-state index is -0.0107. The van der Waals surface area contributed by atoms with Crippen molar-refractivity contribution in [2.75, 3.05) is 44.3 Å². The fraction of sp³-hybridized carbons (Fsp3) is 0.550. The molecular weight excluding hydrogens is 342 g/mol. The molecule has 0 amide bonds. The van der Waals surface area contributed by atoms with E-state index >= 15 is 0 Å². The lowest BCUT2D eigenvalue weighted by Gasteiger charge is -2.33. The lowest BCUT2D eigenvalue weighted by Crippen LogP contribution is -2.41. The van der Waals surface area contributed by atoms with E-state index in [1.165, 1.54) is 5.56 Å². The summed E-state index contributed by atoms with van der Waals surface area (Å²) in [4.78, 5) is 21.7. The fourth-order valence-corrected chi connectivity index (χ4v) is 3.98. The van der Waals surface area contributed by atoms with E-state index in [1.54, 1.807) is 10.7 Å². The highest BCUT2D eigenvalue weighted by atomic mass is 16.5. The van der Waals surface area contributed by atoms with Gasteiger partial charge in [-0.25, -0.2) is 4.68 Å². The van der Waals surface area contributed by atoms with E-state index < -0.39 is 0 Å². The van der Waals surface area contributed by atoms with Crippen LogP contribution in [0.5, 0.6) is 0 Å². The number of rotatable bonds is 4. The number of aryl methyl sites for hydroxylation is 1. The minimum absolute atomic E-state index is 0.0107. The second-order valence-corrected chi connectivity index (χ2v) is 7.38. The Morgan fingerprint density at radius 1 is 1.26 bits per heavy atom. The van der Waals surface area contributed by atoms with Crippen LogP contribution in [0.15, 0.2) is 35.4 Å². The van der Waals surface area contributed by atoms with Gasteiger partial charge in [0.25, 0.3) is 5.56 Å². The quantitative estimate of drug-likeness (QED) is 0.816. The highest BCUT2D eigenvalue weighted by Crippen LogP contribution is 2.22. The fourth-order valence-electron chi connectivity index (χ4n) is 3.98. The average Bonchev–Trinajstić information content (AvgIpc) is 2.70. The molecule has 2 aliphatic heterocycles. The summed E-state index contributed by atoms with van der Waals surface area (Å²) in [6.45, 7) is 7.84. The van der Waals surface area contributed by atoms with Crippen molar-refractivity contribution in [1.29, 1.82) is 0 Å². The van der Waals surface area contributed by atoms with Gasteiger partial charge in [-0.15, -0.1) is 0 Å². The van der Waals surface area contributed by atoms with Crippen molar-refractivity contribution < 1.29 is 4.74 Å². The predicted molar refractivity (Wildman–Crippen MR) is 104 cm³/mol. The van der Waals surface area contributed by atoms with E-state index in [4.69, 9.17) is 4.74 Å². The molecule has 7 heteroatoms. The molecule has 2 fully saturated rings. The van der Waals surface area contributed by atoms with Gasteiger partial charge in [0.2, 0.25) is 0 Å². The van der Waals surface area contributed by atoms with Gasteiger partial charge in [-0.2, -0.15) is 5.10 Å². The molecule has 0 saturated carbocycles. The molecule has 4 heterocycles. The Morgan fingerprint density at radius 3 is 2.89 bits per heavy atom. The number of hydrogen-bond acceptors (Lipinski definition) is 6. The summed E-state index contributed by atoms with van der Waals surface area (Å²) in [5.41, 5.74) is 3.22. The lowest BCUT2D eigenvalue weighted by atomic mass is 10.0. The minimum Gasteiger partial charge on any atom is -0.378 e. The van der Waals surface area contributed by atoms with E-state index in [2.05, 4.69) is 25.9 Å². The molecule has 2 aromatic heterocycles. The van der Waals surface area contributed by atoms with Crippen molar-refractivity contribution in [2.24, 2.45) is 0 Å². The monoisotopic (exact) mass is 369 g/mol. The first-order valence-corrected chi connectivity index (χ1v) is 9.75. The maximum atomic E-state index is 12.7. The van der Waals surface area contributed by atoms with Gasteiger partial charge in [-0.05, 0) is 37.9 Å². The number of aromatic nitrogens is 3. The van der Waals surface area contributed by atoms with E-state index in [0.717, 1.165) is 56.9 Å². The Hall–Kier alpha value is -2.25. The first kappa shape index (κ1) is 18.1. The van der Waals surface area contributed by atoms with Crippen LogP contribution in [0.25, 0.3) is 0 Å². The molecule has 0 N–H and O–H groups in total. The third-order valence-electron chi connectivity index (χ3n) is 5.52. The number of anilines is 1. The van der Waals surface area contributed by atoms with E-state index in [-0.39, 0.29) is 11.6 Å². The second kappa shape index (κ2) is 8.19. The standard InChI is InChI=1S/C20H27N5O2/c1-16-17(4-2-6-21-16)14-23-7-3-5-18(15-23)25-20(26)12-19(13-22-25)24-8-10-27-11-9-24/h2,4,6,12-13,18H,3,5,7-11,14-15H2,1H3/t18-/m0/s1. The van der Waals surface area contributed by atoms with Gasteiger partial charge in [-0.1, -0.05) is 6.07 Å². The molecule has 0 unspecified atom stereocenters. The summed E-state index contributed by atoms with van der Waals surface area (Å²) in [6.07, 6.45) is 5.73. The Morgan fingerprint density at radius 2 is 2.11 bits per heavy atom. The molecule has 2 aromatic rings. The predicted octanol–water partition coefficient (Wildman–Crippen LogP) is 1.62. The summed E-state index contributed by atoms with van der Waals surface area (Å²) in [7, 11) is 0. The summed E-state index contributed by atoms with van der Waals surface area (Å²) >= 11 is 0. The Labute approximate surface area is 159 Å². The van der Waals surface area contributed by atoms with Crippen LogP contribution >= 0.6 is 0 Å². The molecule has 144 valence electrons. The molecule has 0 aliphatic carbocycles. The normalized spacial score (nSPS) is 21.4. The smallest absolute Gasteiger partial charge is 0.269 e. The Bertz CT molecular complexity index is 831. The first-order chi connectivity index (χ1) is 13.2. The molecule has 0 aromatic carbocycles. The molecule has 4 rings (SSSR count). The SMILES string of the molecule is Cc1ncccc1CN1CCC[C@H](n2ncc(N3CCOCC3)cc2=O)C1. The van der Waals surface area contributed by atoms with Crippen LogP contribution in [0.2, 0.25) is 0 Å². The van der Waals surface area contributed by atoms with Crippen LogP contribution in [0.3, 0.4) is 0 Å². The van der Waals surface area contributed by atoms with Gasteiger partial charge in [0, 0.05) is 44.1 Å². The number of hydrogen-bond donors (Lipinski definition) is 0. The van der Waals surface area contributed by atoms with Crippen molar-refractivity contribution in [2.45, 2.75) is 32.4 Å². The summed E-state index contributed by atoms with van der Waals surface area (Å²) < 4.78 is 7.06. The van der Waals surface area contributed by atoms with Gasteiger partial charge in [-0.3, -0.25) is 14.7 Å². The zero-order valence-electron chi connectivity index (χ0n) is 15.9. The van der Waals surface area contributed by atoms with Crippen LogP contribution in [-0.4, -0.2) is 59.1 Å². The molecule has 2 saturated heterocycles. The van der Waals surface area contributed by atoms with Gasteiger partial charge in [0.15, 0.2) is 0 Å². The number of piperidine rings is 1. The first-order valence-electron chi connectivity index (χ1n) is 9.75.